The van der Waals surface area contributed by atoms with Crippen molar-refractivity contribution in [2.75, 3.05) is 13.1 Å². The van der Waals surface area contributed by atoms with Gasteiger partial charge in [-0.2, -0.15) is 0 Å². The molecule has 4 atom stereocenters. The van der Waals surface area contributed by atoms with E-state index < -0.39 is 11.2 Å². The number of nitrogens with zero attached hydrogens (tertiary/aromatic N) is 5. The highest BCUT2D eigenvalue weighted by Crippen LogP contribution is 2.38. The highest BCUT2D eigenvalue weighted by molar-refractivity contribution is 5.89. The minimum atomic E-state index is -1.65. The van der Waals surface area contributed by atoms with Crippen molar-refractivity contribution in [2.45, 2.75) is 75.7 Å². The summed E-state index contributed by atoms with van der Waals surface area (Å²) in [6.07, 6.45) is 12.1. The molecular formula is C43H43N7O5. The Kier molecular flexibility index (Phi) is 8.54. The standard InChI is InChI=1S/C43H43N7O5/c1-42(53,28-11-5-3-6-12-28)40(51)49-21-9-15-34(49)37-45-30-19-17-26(23-32(30)47-37)36-25-44-39(55-36)27-18-20-31-33(24-27)48-38(46-31)35-16-10-22-50(35)41(52)43(2,54)29-13-7-4-8-14-29/h3-5,7-8,11,13-14,17-20,23-25,34-35,53-54H,6,9-10,12,15-16,21-22H2,1-2H3,(H,45,47)(H,46,48)/t34-,35-,42-,43-/m0/s1. The molecule has 3 aromatic heterocycles. The Morgan fingerprint density at radius 3 is 2.18 bits per heavy atom. The summed E-state index contributed by atoms with van der Waals surface area (Å²) in [7, 11) is 0. The molecule has 9 rings (SSSR count). The number of aromatic amines is 2. The smallest absolute Gasteiger partial charge is 0.259 e. The lowest BCUT2D eigenvalue weighted by Crippen LogP contribution is -2.48. The molecule has 3 aliphatic rings. The summed E-state index contributed by atoms with van der Waals surface area (Å²) in [6.45, 7) is 4.26. The maximum atomic E-state index is 13.7. The van der Waals surface area contributed by atoms with Crippen LogP contribution in [0.4, 0.5) is 0 Å². The molecule has 55 heavy (non-hydrogen) atoms. The fraction of sp³-hybridized carbons (Fsp3) is 0.326. The number of H-pyrrole nitrogens is 2. The predicted molar refractivity (Wildman–Crippen MR) is 207 cm³/mol. The van der Waals surface area contributed by atoms with E-state index in [1.807, 2.05) is 72.8 Å². The molecule has 280 valence electrons. The van der Waals surface area contributed by atoms with Gasteiger partial charge in [-0.15, -0.1) is 0 Å². The van der Waals surface area contributed by atoms with Crippen molar-refractivity contribution < 1.29 is 24.2 Å². The van der Waals surface area contributed by atoms with Gasteiger partial charge in [0.1, 0.15) is 11.6 Å². The van der Waals surface area contributed by atoms with Crippen LogP contribution in [0.3, 0.4) is 0 Å². The number of carbonyl (C=O) groups excluding carboxylic acids is 2. The molecule has 2 amide bonds. The van der Waals surface area contributed by atoms with E-state index in [0.29, 0.717) is 48.4 Å². The number of aliphatic hydroxyl groups is 2. The summed E-state index contributed by atoms with van der Waals surface area (Å²) in [6, 6.07) is 20.1. The Morgan fingerprint density at radius 2 is 1.47 bits per heavy atom. The Balaban J connectivity index is 0.930. The van der Waals surface area contributed by atoms with Crippen LogP contribution >= 0.6 is 0 Å². The van der Waals surface area contributed by atoms with Crippen LogP contribution < -0.4 is 0 Å². The molecule has 0 unspecified atom stereocenters. The van der Waals surface area contributed by atoms with Crippen LogP contribution in [0.25, 0.3) is 44.8 Å². The molecule has 0 spiro atoms. The molecule has 6 aromatic rings. The predicted octanol–water partition coefficient (Wildman–Crippen LogP) is 7.02. The van der Waals surface area contributed by atoms with Crippen molar-refractivity contribution >= 4 is 33.9 Å². The minimum Gasteiger partial charge on any atom is -0.436 e. The number of rotatable bonds is 8. The fourth-order valence-corrected chi connectivity index (χ4v) is 8.38. The zero-order valence-corrected chi connectivity index (χ0v) is 30.8. The molecular weight excluding hydrogens is 695 g/mol. The van der Waals surface area contributed by atoms with Crippen LogP contribution in [-0.4, -0.2) is 75.4 Å². The monoisotopic (exact) mass is 737 g/mol. The van der Waals surface area contributed by atoms with Crippen LogP contribution in [0.1, 0.15) is 81.7 Å². The lowest BCUT2D eigenvalue weighted by molar-refractivity contribution is -0.151. The van der Waals surface area contributed by atoms with Gasteiger partial charge in [0.25, 0.3) is 11.8 Å². The first kappa shape index (κ1) is 34.9. The van der Waals surface area contributed by atoms with Gasteiger partial charge in [0.05, 0.1) is 40.3 Å². The maximum Gasteiger partial charge on any atom is 0.259 e. The van der Waals surface area contributed by atoms with E-state index in [2.05, 4.69) is 15.0 Å². The summed E-state index contributed by atoms with van der Waals surface area (Å²) in [5.74, 6) is 1.77. The van der Waals surface area contributed by atoms with Crippen molar-refractivity contribution in [1.82, 2.24) is 34.7 Å². The Hall–Kier alpha value is -5.85. The van der Waals surface area contributed by atoms with Gasteiger partial charge in [-0.05, 0) is 99.9 Å². The molecule has 4 N–H and O–H groups in total. The molecule has 12 heteroatoms. The van der Waals surface area contributed by atoms with Gasteiger partial charge in [-0.1, -0.05) is 48.6 Å². The second kappa shape index (κ2) is 13.5. The normalized spacial score (nSPS) is 20.9. The summed E-state index contributed by atoms with van der Waals surface area (Å²) < 4.78 is 6.28. The SMILES string of the molecule is C[C@@](O)(C(=O)N1CCC[C@H]1c1nc2cc(-c3cnc(-c4ccc5nc([C@@H]6CCCN6C(=O)[C@@](C)(O)c6ccccc6)[nH]c5c4)o3)ccc2[nH]1)C1=CC=CCC1. The van der Waals surface area contributed by atoms with Crippen LogP contribution in [0.2, 0.25) is 0 Å². The number of imidazole rings is 2. The van der Waals surface area contributed by atoms with Crippen molar-refractivity contribution in [1.29, 1.82) is 0 Å². The van der Waals surface area contributed by atoms with Gasteiger partial charge in [-0.25, -0.2) is 15.0 Å². The molecule has 5 heterocycles. The Labute approximate surface area is 317 Å². The van der Waals surface area contributed by atoms with Gasteiger partial charge in [0, 0.05) is 24.2 Å². The Morgan fingerprint density at radius 1 is 0.800 bits per heavy atom. The zero-order valence-electron chi connectivity index (χ0n) is 30.8. The summed E-state index contributed by atoms with van der Waals surface area (Å²) in [4.78, 5) is 52.1. The lowest BCUT2D eigenvalue weighted by Gasteiger charge is -2.33. The number of hydrogen-bond donors (Lipinski definition) is 4. The molecule has 2 fully saturated rings. The minimum absolute atomic E-state index is 0.259. The molecule has 0 radical (unpaired) electrons. The van der Waals surface area contributed by atoms with Crippen molar-refractivity contribution in [3.05, 3.63) is 114 Å². The van der Waals surface area contributed by atoms with Crippen LogP contribution in [0.15, 0.2) is 101 Å². The van der Waals surface area contributed by atoms with E-state index in [1.54, 1.807) is 42.0 Å². The third kappa shape index (κ3) is 6.15. The van der Waals surface area contributed by atoms with E-state index in [0.717, 1.165) is 70.9 Å². The van der Waals surface area contributed by atoms with Gasteiger partial charge < -0.3 is 34.4 Å². The first-order valence-electron chi connectivity index (χ1n) is 19.0. The third-order valence-electron chi connectivity index (χ3n) is 11.5. The van der Waals surface area contributed by atoms with Gasteiger partial charge in [0.2, 0.25) is 5.89 Å². The number of aromatic nitrogens is 5. The number of hydrogen-bond acceptors (Lipinski definition) is 8. The average molecular weight is 738 g/mol. The number of nitrogens with one attached hydrogen (secondary N) is 2. The van der Waals surface area contributed by atoms with E-state index in [1.165, 1.54) is 0 Å². The number of likely N-dealkylation sites (tertiary alicyclic amines) is 2. The van der Waals surface area contributed by atoms with Crippen molar-refractivity contribution in [3.63, 3.8) is 0 Å². The second-order valence-corrected chi connectivity index (χ2v) is 15.2. The largest absolute Gasteiger partial charge is 0.436 e. The lowest BCUT2D eigenvalue weighted by atomic mass is 9.88. The van der Waals surface area contributed by atoms with E-state index in [9.17, 15) is 19.8 Å². The van der Waals surface area contributed by atoms with Crippen molar-refractivity contribution in [2.24, 2.45) is 0 Å². The molecule has 2 saturated heterocycles. The van der Waals surface area contributed by atoms with Gasteiger partial charge >= 0.3 is 0 Å². The summed E-state index contributed by atoms with van der Waals surface area (Å²) >= 11 is 0. The first-order valence-corrected chi connectivity index (χ1v) is 19.0. The average Bonchev–Trinajstić information content (AvgIpc) is 4.06. The zero-order chi connectivity index (χ0) is 37.9. The molecule has 0 bridgehead atoms. The number of allylic oxidation sites excluding steroid dienone is 3. The van der Waals surface area contributed by atoms with Crippen LogP contribution in [-0.2, 0) is 15.2 Å². The van der Waals surface area contributed by atoms with Crippen molar-refractivity contribution in [3.8, 4) is 22.8 Å². The molecule has 0 saturated carbocycles. The summed E-state index contributed by atoms with van der Waals surface area (Å²) in [5, 5.41) is 22.6. The molecule has 12 nitrogen and oxygen atoms in total. The van der Waals surface area contributed by atoms with E-state index >= 15 is 0 Å². The number of benzene rings is 3. The maximum absolute atomic E-state index is 13.7. The number of amides is 2. The molecule has 2 aliphatic heterocycles. The van der Waals surface area contributed by atoms with Gasteiger partial charge in [-0.3, -0.25) is 9.59 Å². The summed E-state index contributed by atoms with van der Waals surface area (Å²) in [5.41, 5.74) is 2.79. The second-order valence-electron chi connectivity index (χ2n) is 15.2. The van der Waals surface area contributed by atoms with E-state index in [4.69, 9.17) is 14.4 Å². The van der Waals surface area contributed by atoms with Crippen LogP contribution in [0, 0.1) is 0 Å². The van der Waals surface area contributed by atoms with E-state index in [-0.39, 0.29) is 23.9 Å². The fourth-order valence-electron chi connectivity index (χ4n) is 8.38. The third-order valence-corrected chi connectivity index (χ3v) is 11.5. The quantitative estimate of drug-likeness (QED) is 0.129. The van der Waals surface area contributed by atoms with Gasteiger partial charge in [0.15, 0.2) is 17.0 Å². The molecule has 3 aromatic carbocycles. The van der Waals surface area contributed by atoms with Crippen LogP contribution in [0.5, 0.6) is 0 Å². The Bertz CT molecular complexity index is 2490. The molecule has 1 aliphatic carbocycles. The number of carbonyl (C=O) groups is 2. The highest BCUT2D eigenvalue weighted by Gasteiger charge is 2.44. The topological polar surface area (TPSA) is 164 Å². The first-order chi connectivity index (χ1) is 26.6. The number of oxazole rings is 1. The number of fused-ring (bicyclic) bond motifs is 2. The highest BCUT2D eigenvalue weighted by atomic mass is 16.4.